The van der Waals surface area contributed by atoms with Gasteiger partial charge in [0.05, 0.1) is 7.11 Å². The van der Waals surface area contributed by atoms with Crippen LogP contribution in [0.4, 0.5) is 5.69 Å². The lowest BCUT2D eigenvalue weighted by Gasteiger charge is -2.08. The van der Waals surface area contributed by atoms with Gasteiger partial charge in [-0.15, -0.1) is 11.6 Å². The molecule has 0 fully saturated rings. The first-order valence-corrected chi connectivity index (χ1v) is 10.9. The number of fused-ring (bicyclic) bond motifs is 1. The quantitative estimate of drug-likeness (QED) is 0.341. The number of hydrogen-bond acceptors (Lipinski definition) is 2. The Morgan fingerprint density at radius 3 is 2.58 bits per heavy atom. The maximum atomic E-state index is 12.5. The van der Waals surface area contributed by atoms with Crippen LogP contribution in [-0.4, -0.2) is 23.5 Å². The average Bonchev–Trinajstić information content (AvgIpc) is 3.20. The molecule has 1 N–H and O–H groups in total. The summed E-state index contributed by atoms with van der Waals surface area (Å²) in [6.45, 7) is 0.936. The second kappa shape index (κ2) is 9.71. The largest absolute Gasteiger partial charge is 0.497 e. The van der Waals surface area contributed by atoms with Crippen LogP contribution in [0.25, 0.3) is 10.9 Å². The summed E-state index contributed by atoms with van der Waals surface area (Å²) >= 11 is 5.83. The number of carbonyl (C=O) groups excluding carboxylic acids is 1. The smallest absolute Gasteiger partial charge is 0.255 e. The van der Waals surface area contributed by atoms with E-state index in [0.29, 0.717) is 22.9 Å². The van der Waals surface area contributed by atoms with Crippen LogP contribution in [0.15, 0.2) is 79.0 Å². The van der Waals surface area contributed by atoms with Gasteiger partial charge in [0.15, 0.2) is 0 Å². The van der Waals surface area contributed by atoms with Gasteiger partial charge >= 0.3 is 0 Å². The highest BCUT2D eigenvalue weighted by atomic mass is 35.5. The van der Waals surface area contributed by atoms with Crippen LogP contribution in [0.5, 0.6) is 5.75 Å². The fraction of sp³-hybridized carbons (Fsp3) is 0.192. The fourth-order valence-corrected chi connectivity index (χ4v) is 3.82. The van der Waals surface area contributed by atoms with Crippen molar-refractivity contribution >= 4 is 34.1 Å². The molecular formula is C26H25ClN2O2. The summed E-state index contributed by atoms with van der Waals surface area (Å²) in [7, 11) is 1.61. The van der Waals surface area contributed by atoms with E-state index in [2.05, 4.69) is 40.3 Å². The van der Waals surface area contributed by atoms with Crippen LogP contribution in [0.1, 0.15) is 27.9 Å². The number of carbonyl (C=O) groups is 1. The van der Waals surface area contributed by atoms with E-state index < -0.39 is 0 Å². The molecule has 0 atom stereocenters. The highest BCUT2D eigenvalue weighted by Gasteiger charge is 2.08. The van der Waals surface area contributed by atoms with Crippen molar-refractivity contribution in [1.82, 2.24) is 4.57 Å². The summed E-state index contributed by atoms with van der Waals surface area (Å²) in [6.07, 6.45) is 3.90. The molecule has 0 aliphatic carbocycles. The second-order valence-electron chi connectivity index (χ2n) is 7.50. The monoisotopic (exact) mass is 432 g/mol. The van der Waals surface area contributed by atoms with Crippen molar-refractivity contribution in [2.75, 3.05) is 18.3 Å². The number of anilines is 1. The zero-order valence-electron chi connectivity index (χ0n) is 17.5. The molecule has 158 valence electrons. The van der Waals surface area contributed by atoms with Gasteiger partial charge in [0.25, 0.3) is 5.91 Å². The van der Waals surface area contributed by atoms with Gasteiger partial charge in [0.2, 0.25) is 0 Å². The number of aromatic nitrogens is 1. The molecule has 5 heteroatoms. The highest BCUT2D eigenvalue weighted by molar-refractivity contribution is 6.17. The number of nitrogens with zero attached hydrogens (tertiary/aromatic N) is 1. The van der Waals surface area contributed by atoms with Gasteiger partial charge in [-0.1, -0.05) is 24.3 Å². The Kier molecular flexibility index (Phi) is 6.58. The minimum absolute atomic E-state index is 0.139. The fourth-order valence-electron chi connectivity index (χ4n) is 3.70. The standard InChI is InChI=1S/C26H25ClN2O2/c1-31-24-5-2-4-23(18-24)28-26(30)21-9-6-19(7-10-21)16-20-8-11-25-22(17-20)12-15-29(25)14-3-13-27/h2,4-12,15,17-18H,3,13-14,16H2,1H3,(H,28,30). The van der Waals surface area contributed by atoms with Crippen molar-refractivity contribution in [1.29, 1.82) is 0 Å². The molecule has 4 rings (SSSR count). The molecule has 0 unspecified atom stereocenters. The molecule has 1 amide bonds. The number of ether oxygens (including phenoxy) is 1. The lowest BCUT2D eigenvalue weighted by Crippen LogP contribution is -2.11. The zero-order valence-corrected chi connectivity index (χ0v) is 18.2. The van der Waals surface area contributed by atoms with E-state index in [1.807, 2.05) is 42.5 Å². The molecular weight excluding hydrogens is 408 g/mol. The Morgan fingerprint density at radius 2 is 1.81 bits per heavy atom. The number of rotatable bonds is 8. The maximum Gasteiger partial charge on any atom is 0.255 e. The van der Waals surface area contributed by atoms with Gasteiger partial charge in [0, 0.05) is 41.5 Å². The maximum absolute atomic E-state index is 12.5. The van der Waals surface area contributed by atoms with Crippen molar-refractivity contribution in [3.05, 3.63) is 95.7 Å². The molecule has 1 aromatic heterocycles. The van der Waals surface area contributed by atoms with E-state index in [1.165, 1.54) is 22.0 Å². The zero-order chi connectivity index (χ0) is 21.6. The summed E-state index contributed by atoms with van der Waals surface area (Å²) < 4.78 is 7.45. The number of halogens is 1. The predicted octanol–water partition coefficient (Wildman–Crippen LogP) is 6.12. The third-order valence-electron chi connectivity index (χ3n) is 5.32. The van der Waals surface area contributed by atoms with Gasteiger partial charge in [-0.2, -0.15) is 0 Å². The number of aryl methyl sites for hydroxylation is 1. The molecule has 0 saturated heterocycles. The van der Waals surface area contributed by atoms with E-state index in [4.69, 9.17) is 16.3 Å². The van der Waals surface area contributed by atoms with Crippen LogP contribution in [0, 0.1) is 0 Å². The summed E-state index contributed by atoms with van der Waals surface area (Å²) in [6, 6.07) is 23.8. The predicted molar refractivity (Wildman–Crippen MR) is 127 cm³/mol. The van der Waals surface area contributed by atoms with Crippen LogP contribution in [-0.2, 0) is 13.0 Å². The van der Waals surface area contributed by atoms with Crippen molar-refractivity contribution in [2.24, 2.45) is 0 Å². The SMILES string of the molecule is COc1cccc(NC(=O)c2ccc(Cc3ccc4c(ccn4CCCCl)c3)cc2)c1. The van der Waals surface area contributed by atoms with Crippen LogP contribution < -0.4 is 10.1 Å². The first-order valence-electron chi connectivity index (χ1n) is 10.3. The van der Waals surface area contributed by atoms with E-state index >= 15 is 0 Å². The number of nitrogens with one attached hydrogen (secondary N) is 1. The van der Waals surface area contributed by atoms with Crippen molar-refractivity contribution in [3.8, 4) is 5.75 Å². The van der Waals surface area contributed by atoms with Gasteiger partial charge < -0.3 is 14.6 Å². The Bertz CT molecular complexity index is 1180. The number of amides is 1. The topological polar surface area (TPSA) is 43.3 Å². The molecule has 0 radical (unpaired) electrons. The summed E-state index contributed by atoms with van der Waals surface area (Å²) in [5, 5.41) is 4.15. The number of methoxy groups -OCH3 is 1. The van der Waals surface area contributed by atoms with E-state index in [-0.39, 0.29) is 5.91 Å². The third kappa shape index (κ3) is 5.09. The normalized spacial score (nSPS) is 10.9. The first kappa shape index (κ1) is 21.0. The molecule has 0 aliphatic heterocycles. The Balaban J connectivity index is 1.42. The molecule has 4 nitrogen and oxygen atoms in total. The molecule has 0 saturated carbocycles. The third-order valence-corrected chi connectivity index (χ3v) is 5.59. The van der Waals surface area contributed by atoms with E-state index in [9.17, 15) is 4.79 Å². The average molecular weight is 433 g/mol. The van der Waals surface area contributed by atoms with Crippen molar-refractivity contribution in [3.63, 3.8) is 0 Å². The Hall–Kier alpha value is -3.24. The van der Waals surface area contributed by atoms with Crippen LogP contribution in [0.3, 0.4) is 0 Å². The van der Waals surface area contributed by atoms with Crippen LogP contribution >= 0.6 is 11.6 Å². The van der Waals surface area contributed by atoms with Gasteiger partial charge in [-0.25, -0.2) is 0 Å². The lowest BCUT2D eigenvalue weighted by atomic mass is 10.0. The molecule has 0 bridgehead atoms. The number of benzene rings is 3. The molecule has 1 heterocycles. The van der Waals surface area contributed by atoms with Gasteiger partial charge in [-0.3, -0.25) is 4.79 Å². The first-order chi connectivity index (χ1) is 15.2. The summed E-state index contributed by atoms with van der Waals surface area (Å²) in [5.74, 6) is 1.24. The highest BCUT2D eigenvalue weighted by Crippen LogP contribution is 2.21. The summed E-state index contributed by atoms with van der Waals surface area (Å²) in [5.41, 5.74) is 4.98. The molecule has 31 heavy (non-hydrogen) atoms. The minimum atomic E-state index is -0.139. The Labute approximate surface area is 187 Å². The van der Waals surface area contributed by atoms with Gasteiger partial charge in [-0.05, 0) is 71.8 Å². The Morgan fingerprint density at radius 1 is 1.00 bits per heavy atom. The van der Waals surface area contributed by atoms with Crippen LogP contribution in [0.2, 0.25) is 0 Å². The minimum Gasteiger partial charge on any atom is -0.497 e. The van der Waals surface area contributed by atoms with E-state index in [1.54, 1.807) is 13.2 Å². The molecule has 3 aromatic carbocycles. The molecule has 4 aromatic rings. The molecule has 0 spiro atoms. The lowest BCUT2D eigenvalue weighted by molar-refractivity contribution is 0.102. The second-order valence-corrected chi connectivity index (χ2v) is 7.88. The van der Waals surface area contributed by atoms with Crippen molar-refractivity contribution < 1.29 is 9.53 Å². The molecule has 0 aliphatic rings. The summed E-state index contributed by atoms with van der Waals surface area (Å²) in [4.78, 5) is 12.5. The number of hydrogen-bond donors (Lipinski definition) is 1. The number of alkyl halides is 1. The van der Waals surface area contributed by atoms with Gasteiger partial charge in [0.1, 0.15) is 5.75 Å². The van der Waals surface area contributed by atoms with Crippen molar-refractivity contribution in [2.45, 2.75) is 19.4 Å². The van der Waals surface area contributed by atoms with E-state index in [0.717, 1.165) is 19.4 Å².